The third-order valence-electron chi connectivity index (χ3n) is 5.12. The van der Waals surface area contributed by atoms with Crippen molar-refractivity contribution in [2.24, 2.45) is 0 Å². The van der Waals surface area contributed by atoms with E-state index in [1.165, 1.54) is 42.0 Å². The van der Waals surface area contributed by atoms with Gasteiger partial charge >= 0.3 is 0 Å². The maximum Gasteiger partial charge on any atom is 0.182 e. The number of halogens is 1. The number of aromatic nitrogens is 1. The number of rotatable bonds is 3. The molecule has 4 rings (SSSR count). The number of piperazine rings is 1. The normalized spacial score (nSPS) is 20.6. The summed E-state index contributed by atoms with van der Waals surface area (Å²) in [6.07, 6.45) is 7.03. The van der Waals surface area contributed by atoms with Gasteiger partial charge < -0.3 is 10.6 Å². The van der Waals surface area contributed by atoms with E-state index in [-0.39, 0.29) is 0 Å². The van der Waals surface area contributed by atoms with Crippen molar-refractivity contribution >= 4 is 48.7 Å². The molecule has 0 atom stereocenters. The lowest BCUT2D eigenvalue weighted by Gasteiger charge is -2.41. The summed E-state index contributed by atoms with van der Waals surface area (Å²) in [5.74, 6) is 0. The first kappa shape index (κ1) is 16.8. The second-order valence-electron chi connectivity index (χ2n) is 6.62. The van der Waals surface area contributed by atoms with E-state index in [4.69, 9.17) is 5.73 Å². The maximum absolute atomic E-state index is 6.04. The van der Waals surface area contributed by atoms with Crippen molar-refractivity contribution in [3.63, 3.8) is 0 Å². The number of nitrogen functional groups attached to an aromatic ring is 1. The first-order chi connectivity index (χ1) is 11.7. The zero-order chi connectivity index (χ0) is 16.5. The van der Waals surface area contributed by atoms with Crippen LogP contribution in [0.5, 0.6) is 0 Å². The van der Waals surface area contributed by atoms with Crippen LogP contribution in [0.1, 0.15) is 32.1 Å². The molecule has 2 aromatic rings. The van der Waals surface area contributed by atoms with Crippen LogP contribution >= 0.6 is 38.6 Å². The summed E-state index contributed by atoms with van der Waals surface area (Å²) < 4.78 is 1.14. The molecule has 0 amide bonds. The van der Waals surface area contributed by atoms with Crippen LogP contribution in [0.15, 0.2) is 15.9 Å². The Morgan fingerprint density at radius 2 is 1.79 bits per heavy atom. The van der Waals surface area contributed by atoms with E-state index < -0.39 is 0 Å². The van der Waals surface area contributed by atoms with Crippen LogP contribution in [0.4, 0.5) is 10.1 Å². The van der Waals surface area contributed by atoms with Crippen molar-refractivity contribution in [3.8, 4) is 10.6 Å². The fourth-order valence-electron chi connectivity index (χ4n) is 3.88. The fraction of sp³-hybridized carbons (Fsp3) is 0.588. The number of nitrogens with zero attached hydrogens (tertiary/aromatic N) is 3. The molecule has 0 unspecified atom stereocenters. The Hall–Kier alpha value is -0.630. The van der Waals surface area contributed by atoms with Crippen LogP contribution in [0.2, 0.25) is 0 Å². The molecule has 2 fully saturated rings. The zero-order valence-corrected chi connectivity index (χ0v) is 16.9. The van der Waals surface area contributed by atoms with Crippen LogP contribution in [0.3, 0.4) is 0 Å². The Kier molecular flexibility index (Phi) is 5.13. The quantitative estimate of drug-likeness (QED) is 0.773. The van der Waals surface area contributed by atoms with Gasteiger partial charge in [0.25, 0.3) is 0 Å². The standard InChI is InChI=1S/C17H23BrN4S2/c18-14-7-6-13(23-14)15-16(24-17(19)20-15)22-10-8-21(9-11-22)12-4-2-1-3-5-12/h6-7,12H,1-5,8-11H2,(H2,19,20). The summed E-state index contributed by atoms with van der Waals surface area (Å²) in [5.41, 5.74) is 7.09. The third kappa shape index (κ3) is 3.49. The lowest BCUT2D eigenvalue weighted by Crippen LogP contribution is -2.50. The molecule has 0 radical (unpaired) electrons. The maximum atomic E-state index is 6.04. The molecule has 2 N–H and O–H groups in total. The average Bonchev–Trinajstić information content (AvgIpc) is 3.21. The molecular weight excluding hydrogens is 404 g/mol. The Morgan fingerprint density at radius 3 is 2.46 bits per heavy atom. The largest absolute Gasteiger partial charge is 0.375 e. The van der Waals surface area contributed by atoms with Crippen molar-refractivity contribution < 1.29 is 0 Å². The molecule has 24 heavy (non-hydrogen) atoms. The van der Waals surface area contributed by atoms with Gasteiger partial charge in [0.2, 0.25) is 0 Å². The lowest BCUT2D eigenvalue weighted by molar-refractivity contribution is 0.148. The van der Waals surface area contributed by atoms with Crippen LogP contribution in [-0.4, -0.2) is 42.1 Å². The van der Waals surface area contributed by atoms with Crippen LogP contribution in [0, 0.1) is 0 Å². The Morgan fingerprint density at radius 1 is 1.04 bits per heavy atom. The van der Waals surface area contributed by atoms with E-state index in [1.54, 1.807) is 22.7 Å². The second kappa shape index (κ2) is 7.32. The predicted molar refractivity (Wildman–Crippen MR) is 108 cm³/mol. The first-order valence-corrected chi connectivity index (χ1v) is 11.1. The van der Waals surface area contributed by atoms with Gasteiger partial charge in [0.1, 0.15) is 10.7 Å². The van der Waals surface area contributed by atoms with Gasteiger partial charge in [-0.1, -0.05) is 30.6 Å². The van der Waals surface area contributed by atoms with Crippen LogP contribution in [0.25, 0.3) is 10.6 Å². The minimum atomic E-state index is 0.666. The molecule has 130 valence electrons. The van der Waals surface area contributed by atoms with Gasteiger partial charge in [0.05, 0.1) is 8.66 Å². The predicted octanol–water partition coefficient (Wildman–Crippen LogP) is 4.67. The Labute approximate surface area is 159 Å². The van der Waals surface area contributed by atoms with Gasteiger partial charge in [-0.3, -0.25) is 4.90 Å². The molecule has 7 heteroatoms. The molecule has 1 aliphatic heterocycles. The summed E-state index contributed by atoms with van der Waals surface area (Å²) in [7, 11) is 0. The smallest absolute Gasteiger partial charge is 0.182 e. The number of thiophene rings is 1. The molecule has 0 bridgehead atoms. The van der Waals surface area contributed by atoms with E-state index in [0.29, 0.717) is 5.13 Å². The van der Waals surface area contributed by atoms with Crippen LogP contribution in [-0.2, 0) is 0 Å². The highest BCUT2D eigenvalue weighted by Gasteiger charge is 2.27. The second-order valence-corrected chi connectivity index (χ2v) is 10.1. The number of nitrogens with two attached hydrogens (primary N) is 1. The molecule has 1 saturated carbocycles. The van der Waals surface area contributed by atoms with Crippen molar-refractivity contribution in [3.05, 3.63) is 15.9 Å². The van der Waals surface area contributed by atoms with Crippen molar-refractivity contribution in [2.75, 3.05) is 36.8 Å². The van der Waals surface area contributed by atoms with Gasteiger partial charge in [-0.05, 0) is 40.9 Å². The van der Waals surface area contributed by atoms with Gasteiger partial charge in [-0.15, -0.1) is 11.3 Å². The summed E-state index contributed by atoms with van der Waals surface area (Å²) >= 11 is 6.90. The topological polar surface area (TPSA) is 45.4 Å². The average molecular weight is 427 g/mol. The van der Waals surface area contributed by atoms with Gasteiger partial charge in [-0.2, -0.15) is 0 Å². The summed E-state index contributed by atoms with van der Waals surface area (Å²) in [6.45, 7) is 4.49. The number of thiazole rings is 1. The van der Waals surface area contributed by atoms with E-state index in [9.17, 15) is 0 Å². The molecule has 1 saturated heterocycles. The first-order valence-electron chi connectivity index (χ1n) is 8.72. The third-order valence-corrected chi connectivity index (χ3v) is 7.70. The van der Waals surface area contributed by atoms with Gasteiger partial charge in [0.15, 0.2) is 5.13 Å². The summed E-state index contributed by atoms with van der Waals surface area (Å²) in [6, 6.07) is 5.03. The molecule has 0 spiro atoms. The molecule has 3 heterocycles. The molecule has 0 aromatic carbocycles. The van der Waals surface area contributed by atoms with Gasteiger partial charge in [-0.25, -0.2) is 4.98 Å². The molecule has 1 aliphatic carbocycles. The van der Waals surface area contributed by atoms with Gasteiger partial charge in [0, 0.05) is 32.2 Å². The fourth-order valence-corrected chi connectivity index (χ4v) is 6.22. The Bertz CT molecular complexity index is 685. The highest BCUT2D eigenvalue weighted by Crippen LogP contribution is 2.41. The lowest BCUT2D eigenvalue weighted by atomic mass is 9.94. The monoisotopic (exact) mass is 426 g/mol. The number of hydrogen-bond donors (Lipinski definition) is 1. The number of hydrogen-bond acceptors (Lipinski definition) is 6. The SMILES string of the molecule is Nc1nc(-c2ccc(Br)s2)c(N2CCN(C3CCCCC3)CC2)s1. The van der Waals surface area contributed by atoms with E-state index in [1.807, 2.05) is 0 Å². The van der Waals surface area contributed by atoms with Crippen LogP contribution < -0.4 is 10.6 Å². The molecule has 4 nitrogen and oxygen atoms in total. The minimum Gasteiger partial charge on any atom is -0.375 e. The molecule has 2 aromatic heterocycles. The Balaban J connectivity index is 1.47. The highest BCUT2D eigenvalue weighted by molar-refractivity contribution is 9.11. The summed E-state index contributed by atoms with van der Waals surface area (Å²) in [4.78, 5) is 11.0. The highest BCUT2D eigenvalue weighted by atomic mass is 79.9. The number of anilines is 2. The van der Waals surface area contributed by atoms with E-state index in [2.05, 4.69) is 42.8 Å². The van der Waals surface area contributed by atoms with E-state index >= 15 is 0 Å². The summed E-state index contributed by atoms with van der Waals surface area (Å²) in [5, 5.41) is 1.91. The molecular formula is C17H23BrN4S2. The van der Waals surface area contributed by atoms with Crippen molar-refractivity contribution in [1.29, 1.82) is 0 Å². The van der Waals surface area contributed by atoms with E-state index in [0.717, 1.165) is 41.7 Å². The zero-order valence-electron chi connectivity index (χ0n) is 13.7. The minimum absolute atomic E-state index is 0.666. The molecule has 2 aliphatic rings. The van der Waals surface area contributed by atoms with Crippen molar-refractivity contribution in [1.82, 2.24) is 9.88 Å². The van der Waals surface area contributed by atoms with Crippen molar-refractivity contribution in [2.45, 2.75) is 38.1 Å².